The first-order chi connectivity index (χ1) is 8.43. The summed E-state index contributed by atoms with van der Waals surface area (Å²) in [7, 11) is 3.54. The van der Waals surface area contributed by atoms with Gasteiger partial charge in [0.2, 0.25) is 11.8 Å². The van der Waals surface area contributed by atoms with Crippen LogP contribution in [0.3, 0.4) is 0 Å². The van der Waals surface area contributed by atoms with Crippen LogP contribution in [0.1, 0.15) is 32.6 Å². The molecule has 0 heterocycles. The standard InChI is InChI=1S/C13H25N3O2.ClH/c1-10(8-14)11(17)15-9-13(6-4-5-7-13)12(18)16(2)3;/h10H,4-9,14H2,1-3H3,(H,15,17);1H. The molecule has 19 heavy (non-hydrogen) atoms. The average molecular weight is 292 g/mol. The fourth-order valence-electron chi connectivity index (χ4n) is 2.53. The highest BCUT2D eigenvalue weighted by Crippen LogP contribution is 2.38. The topological polar surface area (TPSA) is 75.4 Å². The largest absolute Gasteiger partial charge is 0.355 e. The summed E-state index contributed by atoms with van der Waals surface area (Å²) < 4.78 is 0. The molecule has 2 amide bonds. The van der Waals surface area contributed by atoms with Crippen LogP contribution in [0.15, 0.2) is 0 Å². The molecule has 5 nitrogen and oxygen atoms in total. The smallest absolute Gasteiger partial charge is 0.230 e. The molecule has 1 fully saturated rings. The Morgan fingerprint density at radius 1 is 1.32 bits per heavy atom. The van der Waals surface area contributed by atoms with Crippen molar-refractivity contribution in [3.05, 3.63) is 0 Å². The van der Waals surface area contributed by atoms with Gasteiger partial charge in [-0.15, -0.1) is 12.4 Å². The van der Waals surface area contributed by atoms with E-state index in [1.54, 1.807) is 25.9 Å². The first-order valence-electron chi connectivity index (χ1n) is 6.62. The van der Waals surface area contributed by atoms with Gasteiger partial charge in [-0.2, -0.15) is 0 Å². The van der Waals surface area contributed by atoms with Crippen LogP contribution in [0, 0.1) is 11.3 Å². The summed E-state index contributed by atoms with van der Waals surface area (Å²) in [6.07, 6.45) is 3.84. The normalized spacial score (nSPS) is 18.3. The third-order valence-electron chi connectivity index (χ3n) is 3.82. The van der Waals surface area contributed by atoms with Gasteiger partial charge in [0.25, 0.3) is 0 Å². The summed E-state index contributed by atoms with van der Waals surface area (Å²) in [5, 5.41) is 2.89. The van der Waals surface area contributed by atoms with Crippen LogP contribution in [0.2, 0.25) is 0 Å². The van der Waals surface area contributed by atoms with Crippen molar-refractivity contribution in [1.82, 2.24) is 10.2 Å². The van der Waals surface area contributed by atoms with E-state index in [4.69, 9.17) is 5.73 Å². The van der Waals surface area contributed by atoms with E-state index < -0.39 is 5.41 Å². The predicted octanol–water partition coefficient (Wildman–Crippen LogP) is 0.768. The van der Waals surface area contributed by atoms with Crippen molar-refractivity contribution in [2.24, 2.45) is 17.1 Å². The highest BCUT2D eigenvalue weighted by Gasteiger charge is 2.42. The molecule has 1 rings (SSSR count). The lowest BCUT2D eigenvalue weighted by atomic mass is 9.84. The molecule has 0 bridgehead atoms. The predicted molar refractivity (Wildman–Crippen MR) is 78.1 cm³/mol. The maximum absolute atomic E-state index is 12.3. The second-order valence-corrected chi connectivity index (χ2v) is 5.54. The van der Waals surface area contributed by atoms with Gasteiger partial charge in [-0.25, -0.2) is 0 Å². The van der Waals surface area contributed by atoms with Gasteiger partial charge in [-0.3, -0.25) is 9.59 Å². The lowest BCUT2D eigenvalue weighted by molar-refractivity contribution is -0.139. The van der Waals surface area contributed by atoms with Crippen molar-refractivity contribution in [3.8, 4) is 0 Å². The lowest BCUT2D eigenvalue weighted by Crippen LogP contribution is -2.47. The Labute approximate surface area is 121 Å². The van der Waals surface area contributed by atoms with E-state index in [-0.39, 0.29) is 30.1 Å². The summed E-state index contributed by atoms with van der Waals surface area (Å²) >= 11 is 0. The van der Waals surface area contributed by atoms with Crippen LogP contribution < -0.4 is 11.1 Å². The Kier molecular flexibility index (Phi) is 7.37. The Bertz CT molecular complexity index is 315. The van der Waals surface area contributed by atoms with Gasteiger partial charge in [0.05, 0.1) is 5.41 Å². The van der Waals surface area contributed by atoms with Crippen LogP contribution in [0.25, 0.3) is 0 Å². The summed E-state index contributed by atoms with van der Waals surface area (Å²) in [5.41, 5.74) is 5.07. The van der Waals surface area contributed by atoms with E-state index in [0.717, 1.165) is 25.7 Å². The summed E-state index contributed by atoms with van der Waals surface area (Å²) in [6.45, 7) is 2.57. The van der Waals surface area contributed by atoms with Crippen molar-refractivity contribution in [1.29, 1.82) is 0 Å². The maximum atomic E-state index is 12.3. The number of rotatable bonds is 5. The number of nitrogens with one attached hydrogen (secondary N) is 1. The zero-order chi connectivity index (χ0) is 13.8. The fraction of sp³-hybridized carbons (Fsp3) is 0.846. The Balaban J connectivity index is 0.00000324. The van der Waals surface area contributed by atoms with Gasteiger partial charge < -0.3 is 16.0 Å². The minimum atomic E-state index is -0.395. The molecular weight excluding hydrogens is 266 g/mol. The van der Waals surface area contributed by atoms with Gasteiger partial charge in [0, 0.05) is 33.1 Å². The summed E-state index contributed by atoms with van der Waals surface area (Å²) in [4.78, 5) is 25.6. The van der Waals surface area contributed by atoms with Crippen molar-refractivity contribution in [3.63, 3.8) is 0 Å². The van der Waals surface area contributed by atoms with E-state index >= 15 is 0 Å². The van der Waals surface area contributed by atoms with Gasteiger partial charge in [-0.05, 0) is 12.8 Å². The molecule has 0 saturated heterocycles. The first-order valence-corrected chi connectivity index (χ1v) is 6.62. The Hall–Kier alpha value is -0.810. The first kappa shape index (κ1) is 18.2. The number of nitrogens with two attached hydrogens (primary N) is 1. The second-order valence-electron chi connectivity index (χ2n) is 5.54. The monoisotopic (exact) mass is 291 g/mol. The van der Waals surface area contributed by atoms with Crippen LogP contribution >= 0.6 is 12.4 Å². The third kappa shape index (κ3) is 4.35. The zero-order valence-corrected chi connectivity index (χ0v) is 12.9. The van der Waals surface area contributed by atoms with E-state index in [1.807, 2.05) is 0 Å². The average Bonchev–Trinajstić information content (AvgIpc) is 2.83. The second kappa shape index (κ2) is 7.70. The SMILES string of the molecule is CC(CN)C(=O)NCC1(C(=O)N(C)C)CCCC1.Cl. The molecule has 3 N–H and O–H groups in total. The minimum Gasteiger partial charge on any atom is -0.355 e. The minimum absolute atomic E-state index is 0. The van der Waals surface area contributed by atoms with E-state index in [9.17, 15) is 9.59 Å². The highest BCUT2D eigenvalue weighted by molar-refractivity contribution is 5.85. The maximum Gasteiger partial charge on any atom is 0.230 e. The molecule has 0 aliphatic heterocycles. The fourth-order valence-corrected chi connectivity index (χ4v) is 2.53. The van der Waals surface area contributed by atoms with E-state index in [0.29, 0.717) is 13.1 Å². The molecule has 1 atom stereocenters. The van der Waals surface area contributed by atoms with Crippen molar-refractivity contribution < 1.29 is 9.59 Å². The third-order valence-corrected chi connectivity index (χ3v) is 3.82. The molecule has 6 heteroatoms. The lowest BCUT2D eigenvalue weighted by Gasteiger charge is -2.31. The van der Waals surface area contributed by atoms with Gasteiger partial charge in [0.15, 0.2) is 0 Å². The molecule has 0 aromatic rings. The van der Waals surface area contributed by atoms with Crippen molar-refractivity contribution in [2.75, 3.05) is 27.2 Å². The summed E-state index contributed by atoms with van der Waals surface area (Å²) in [6, 6.07) is 0. The molecule has 0 aromatic heterocycles. The number of nitrogens with zero attached hydrogens (tertiary/aromatic N) is 1. The molecule has 0 spiro atoms. The van der Waals surface area contributed by atoms with E-state index in [2.05, 4.69) is 5.32 Å². The van der Waals surface area contributed by atoms with Crippen LogP contribution in [0.4, 0.5) is 0 Å². The van der Waals surface area contributed by atoms with Gasteiger partial charge >= 0.3 is 0 Å². The molecule has 1 aliphatic carbocycles. The number of hydrogen-bond acceptors (Lipinski definition) is 3. The number of amides is 2. The molecule has 0 aromatic carbocycles. The Morgan fingerprint density at radius 2 is 1.84 bits per heavy atom. The van der Waals surface area contributed by atoms with Gasteiger partial charge in [-0.1, -0.05) is 19.8 Å². The number of halogens is 1. The van der Waals surface area contributed by atoms with Crippen molar-refractivity contribution in [2.45, 2.75) is 32.6 Å². The van der Waals surface area contributed by atoms with Gasteiger partial charge in [0.1, 0.15) is 0 Å². The molecule has 112 valence electrons. The zero-order valence-electron chi connectivity index (χ0n) is 12.1. The van der Waals surface area contributed by atoms with E-state index in [1.165, 1.54) is 0 Å². The highest BCUT2D eigenvalue weighted by atomic mass is 35.5. The molecular formula is C13H26ClN3O2. The van der Waals surface area contributed by atoms with Crippen LogP contribution in [0.5, 0.6) is 0 Å². The number of carbonyl (C=O) groups excluding carboxylic acids is 2. The Morgan fingerprint density at radius 3 is 2.26 bits per heavy atom. The molecule has 1 unspecified atom stereocenters. The number of hydrogen-bond donors (Lipinski definition) is 2. The quantitative estimate of drug-likeness (QED) is 0.785. The van der Waals surface area contributed by atoms with Crippen LogP contribution in [-0.4, -0.2) is 43.9 Å². The van der Waals surface area contributed by atoms with Crippen molar-refractivity contribution >= 4 is 24.2 Å². The summed E-state index contributed by atoms with van der Waals surface area (Å²) in [5.74, 6) is -0.131. The molecule has 1 aliphatic rings. The van der Waals surface area contributed by atoms with Crippen LogP contribution in [-0.2, 0) is 9.59 Å². The molecule has 1 saturated carbocycles. The molecule has 0 radical (unpaired) electrons. The number of carbonyl (C=O) groups is 2.